The van der Waals surface area contributed by atoms with E-state index in [0.29, 0.717) is 29.2 Å². The maximum atomic E-state index is 12.0. The summed E-state index contributed by atoms with van der Waals surface area (Å²) in [5, 5.41) is 5.51. The molecule has 29 heavy (non-hydrogen) atoms. The van der Waals surface area contributed by atoms with Crippen molar-refractivity contribution in [3.8, 4) is 17.1 Å². The molecule has 0 saturated heterocycles. The van der Waals surface area contributed by atoms with Gasteiger partial charge in [-0.05, 0) is 30.7 Å². The van der Waals surface area contributed by atoms with Gasteiger partial charge in [-0.25, -0.2) is 14.8 Å². The van der Waals surface area contributed by atoms with Gasteiger partial charge in [0.2, 0.25) is 5.95 Å². The minimum atomic E-state index is -0.321. The van der Waals surface area contributed by atoms with Crippen molar-refractivity contribution in [3.63, 3.8) is 0 Å². The Morgan fingerprint density at radius 2 is 1.93 bits per heavy atom. The van der Waals surface area contributed by atoms with Crippen molar-refractivity contribution < 1.29 is 4.79 Å². The number of nitrogens with zero attached hydrogens (tertiary/aromatic N) is 5. The molecule has 0 saturated carbocycles. The van der Waals surface area contributed by atoms with Crippen LogP contribution in [0.3, 0.4) is 0 Å². The SMILES string of the molecule is CCNC(=O)Nc1cn(-c2ncccn2)c2cc(-c3ccn(C)c(=O)c3)cnc12. The smallest absolute Gasteiger partial charge is 0.319 e. The molecule has 4 heterocycles. The van der Waals surface area contributed by atoms with Gasteiger partial charge in [0.05, 0.1) is 11.2 Å². The quantitative estimate of drug-likeness (QED) is 0.557. The van der Waals surface area contributed by atoms with Crippen LogP contribution >= 0.6 is 0 Å². The van der Waals surface area contributed by atoms with Crippen LogP contribution in [-0.2, 0) is 7.05 Å². The average Bonchev–Trinajstić information content (AvgIpc) is 3.08. The van der Waals surface area contributed by atoms with Gasteiger partial charge < -0.3 is 15.2 Å². The number of hydrogen-bond acceptors (Lipinski definition) is 5. The molecule has 0 aliphatic heterocycles. The first-order valence-electron chi connectivity index (χ1n) is 9.07. The number of pyridine rings is 2. The van der Waals surface area contributed by atoms with E-state index in [1.54, 1.807) is 54.7 Å². The van der Waals surface area contributed by atoms with Crippen LogP contribution in [0.5, 0.6) is 0 Å². The Hall–Kier alpha value is -4.01. The van der Waals surface area contributed by atoms with E-state index in [4.69, 9.17) is 0 Å². The lowest BCUT2D eigenvalue weighted by atomic mass is 10.1. The third-order valence-corrected chi connectivity index (χ3v) is 4.43. The number of carbonyl (C=O) groups excluding carboxylic acids is 1. The van der Waals surface area contributed by atoms with Gasteiger partial charge in [0.1, 0.15) is 5.52 Å². The van der Waals surface area contributed by atoms with Crippen molar-refractivity contribution in [2.45, 2.75) is 6.92 Å². The Labute approximate surface area is 166 Å². The van der Waals surface area contributed by atoms with Crippen molar-refractivity contribution in [2.24, 2.45) is 7.05 Å². The molecule has 9 nitrogen and oxygen atoms in total. The van der Waals surface area contributed by atoms with Crippen LogP contribution in [0, 0.1) is 0 Å². The number of aryl methyl sites for hydroxylation is 1. The Bertz CT molecular complexity index is 1240. The average molecular weight is 389 g/mol. The molecular weight excluding hydrogens is 370 g/mol. The molecule has 0 spiro atoms. The predicted octanol–water partition coefficient (Wildman–Crippen LogP) is 2.32. The summed E-state index contributed by atoms with van der Waals surface area (Å²) in [6, 6.07) is 6.72. The Morgan fingerprint density at radius 1 is 1.14 bits per heavy atom. The van der Waals surface area contributed by atoms with E-state index < -0.39 is 0 Å². The van der Waals surface area contributed by atoms with Crippen molar-refractivity contribution in [1.82, 2.24) is 29.4 Å². The maximum Gasteiger partial charge on any atom is 0.319 e. The van der Waals surface area contributed by atoms with Crippen LogP contribution in [0.25, 0.3) is 28.1 Å². The molecule has 0 aliphatic rings. The van der Waals surface area contributed by atoms with Gasteiger partial charge in [0.15, 0.2) is 0 Å². The highest BCUT2D eigenvalue weighted by Crippen LogP contribution is 2.29. The molecule has 4 aromatic heterocycles. The lowest BCUT2D eigenvalue weighted by Crippen LogP contribution is -2.28. The zero-order chi connectivity index (χ0) is 20.4. The van der Waals surface area contributed by atoms with Crippen LogP contribution < -0.4 is 16.2 Å². The van der Waals surface area contributed by atoms with E-state index in [2.05, 4.69) is 25.6 Å². The number of nitrogens with one attached hydrogen (secondary N) is 2. The number of rotatable bonds is 4. The number of carbonyl (C=O) groups is 1. The fourth-order valence-corrected chi connectivity index (χ4v) is 2.99. The van der Waals surface area contributed by atoms with Gasteiger partial charge >= 0.3 is 6.03 Å². The summed E-state index contributed by atoms with van der Waals surface area (Å²) >= 11 is 0. The van der Waals surface area contributed by atoms with E-state index >= 15 is 0 Å². The first kappa shape index (κ1) is 18.4. The van der Waals surface area contributed by atoms with E-state index in [1.165, 1.54) is 4.57 Å². The molecule has 0 aliphatic carbocycles. The third-order valence-electron chi connectivity index (χ3n) is 4.43. The number of fused-ring (bicyclic) bond motifs is 1. The topological polar surface area (TPSA) is 107 Å². The minimum Gasteiger partial charge on any atom is -0.338 e. The summed E-state index contributed by atoms with van der Waals surface area (Å²) in [4.78, 5) is 37.2. The van der Waals surface area contributed by atoms with Gasteiger partial charge in [-0.3, -0.25) is 14.3 Å². The Balaban J connectivity index is 1.88. The summed E-state index contributed by atoms with van der Waals surface area (Å²) in [6.45, 7) is 2.35. The molecule has 0 bridgehead atoms. The van der Waals surface area contributed by atoms with Crippen molar-refractivity contribution >= 4 is 22.8 Å². The second kappa shape index (κ2) is 7.55. The second-order valence-electron chi connectivity index (χ2n) is 6.40. The summed E-state index contributed by atoms with van der Waals surface area (Å²) in [5.74, 6) is 0.448. The van der Waals surface area contributed by atoms with E-state index in [-0.39, 0.29) is 11.6 Å². The molecular formula is C20H19N7O2. The second-order valence-corrected chi connectivity index (χ2v) is 6.40. The Morgan fingerprint density at radius 3 is 2.66 bits per heavy atom. The van der Waals surface area contributed by atoms with Crippen LogP contribution in [0.2, 0.25) is 0 Å². The minimum absolute atomic E-state index is 0.108. The molecule has 9 heteroatoms. The first-order chi connectivity index (χ1) is 14.1. The highest BCUT2D eigenvalue weighted by Gasteiger charge is 2.16. The summed E-state index contributed by atoms with van der Waals surface area (Å²) < 4.78 is 3.26. The molecule has 0 radical (unpaired) electrons. The molecule has 0 unspecified atom stereocenters. The largest absolute Gasteiger partial charge is 0.338 e. The molecule has 2 N–H and O–H groups in total. The zero-order valence-corrected chi connectivity index (χ0v) is 16.0. The molecule has 0 atom stereocenters. The van der Waals surface area contributed by atoms with Crippen LogP contribution in [0.15, 0.2) is 60.0 Å². The van der Waals surface area contributed by atoms with Gasteiger partial charge in [-0.15, -0.1) is 0 Å². The monoisotopic (exact) mass is 389 g/mol. The number of aromatic nitrogens is 5. The highest BCUT2D eigenvalue weighted by atomic mass is 16.2. The van der Waals surface area contributed by atoms with E-state index in [0.717, 1.165) is 11.1 Å². The van der Waals surface area contributed by atoms with Gasteiger partial charge in [-0.2, -0.15) is 0 Å². The highest BCUT2D eigenvalue weighted by molar-refractivity contribution is 6.00. The lowest BCUT2D eigenvalue weighted by Gasteiger charge is -2.06. The fraction of sp³-hybridized carbons (Fsp3) is 0.150. The lowest BCUT2D eigenvalue weighted by molar-refractivity contribution is 0.252. The summed E-state index contributed by atoms with van der Waals surface area (Å²) in [7, 11) is 1.70. The normalized spacial score (nSPS) is 10.8. The van der Waals surface area contributed by atoms with Crippen LogP contribution in [0.4, 0.5) is 10.5 Å². The van der Waals surface area contributed by atoms with E-state index in [1.807, 2.05) is 19.1 Å². The predicted molar refractivity (Wildman–Crippen MR) is 110 cm³/mol. The van der Waals surface area contributed by atoms with Crippen molar-refractivity contribution in [1.29, 1.82) is 0 Å². The number of urea groups is 1. The van der Waals surface area contributed by atoms with Gasteiger partial charge in [-0.1, -0.05) is 0 Å². The van der Waals surface area contributed by atoms with Crippen LogP contribution in [0.1, 0.15) is 6.92 Å². The van der Waals surface area contributed by atoms with Crippen LogP contribution in [-0.4, -0.2) is 36.7 Å². The Kier molecular flexibility index (Phi) is 4.78. The molecule has 4 aromatic rings. The molecule has 2 amide bonds. The van der Waals surface area contributed by atoms with Gasteiger partial charge in [0, 0.05) is 56.2 Å². The van der Waals surface area contributed by atoms with Gasteiger partial charge in [0.25, 0.3) is 5.56 Å². The first-order valence-corrected chi connectivity index (χ1v) is 9.07. The van der Waals surface area contributed by atoms with E-state index in [9.17, 15) is 9.59 Å². The number of hydrogen-bond donors (Lipinski definition) is 2. The summed E-state index contributed by atoms with van der Waals surface area (Å²) in [5.41, 5.74) is 3.26. The fourth-order valence-electron chi connectivity index (χ4n) is 2.99. The summed E-state index contributed by atoms with van der Waals surface area (Å²) in [6.07, 6.45) is 8.40. The van der Waals surface area contributed by atoms with Crippen molar-refractivity contribution in [3.05, 3.63) is 65.6 Å². The standard InChI is InChI=1S/C20H19N7O2/c1-3-21-20(29)25-15-12-27(19-22-6-4-7-23-19)16-9-14(11-24-18(15)16)13-5-8-26(2)17(28)10-13/h4-12H,3H2,1-2H3,(H2,21,25,29). The molecule has 146 valence electrons. The zero-order valence-electron chi connectivity index (χ0n) is 16.0. The van der Waals surface area contributed by atoms with Crippen molar-refractivity contribution in [2.75, 3.05) is 11.9 Å². The number of anilines is 1. The molecule has 4 rings (SSSR count). The third kappa shape index (κ3) is 3.57. The maximum absolute atomic E-state index is 12.0. The molecule has 0 fully saturated rings. The number of amides is 2. The molecule has 0 aromatic carbocycles.